The minimum absolute atomic E-state index is 1.11. The topological polar surface area (TPSA) is 16.1 Å². The summed E-state index contributed by atoms with van der Waals surface area (Å²) in [4.78, 5) is 6.71. The first-order valence-corrected chi connectivity index (χ1v) is 18.4. The number of nitrogens with zero attached hydrogens (tertiary/aromatic N) is 2. The Kier molecular flexibility index (Phi) is 7.37. The maximum Gasteiger partial charge on any atom is 0.0462 e. The number of fused-ring (bicyclic) bond motifs is 6. The van der Waals surface area contributed by atoms with Gasteiger partial charge in [0.2, 0.25) is 0 Å². The lowest BCUT2D eigenvalue weighted by Gasteiger charge is -2.26. The maximum absolute atomic E-state index is 4.36. The monoisotopic (exact) mass is 680 g/mol. The molecule has 2 nitrogen and oxygen atoms in total. The van der Waals surface area contributed by atoms with Crippen LogP contribution in [0.4, 0.5) is 17.1 Å². The number of benzene rings is 8. The van der Waals surface area contributed by atoms with E-state index in [1.54, 1.807) is 0 Å². The summed E-state index contributed by atoms with van der Waals surface area (Å²) in [6.07, 6.45) is 3.84. The van der Waals surface area contributed by atoms with Gasteiger partial charge in [-0.15, -0.1) is 11.3 Å². The predicted octanol–water partition coefficient (Wildman–Crippen LogP) is 14.2. The van der Waals surface area contributed by atoms with Gasteiger partial charge in [0, 0.05) is 49.6 Å². The normalized spacial score (nSPS) is 11.5. The molecule has 0 unspecified atom stereocenters. The predicted molar refractivity (Wildman–Crippen MR) is 223 cm³/mol. The molecule has 8 aromatic carbocycles. The Labute approximate surface area is 306 Å². The Balaban J connectivity index is 1.05. The molecule has 2 aromatic heterocycles. The average Bonchev–Trinajstić information content (AvgIpc) is 3.60. The smallest absolute Gasteiger partial charge is 0.0462 e. The largest absolute Gasteiger partial charge is 0.311 e. The highest BCUT2D eigenvalue weighted by Gasteiger charge is 2.15. The molecule has 0 aliphatic heterocycles. The summed E-state index contributed by atoms with van der Waals surface area (Å²) < 4.78 is 2.55. The summed E-state index contributed by atoms with van der Waals surface area (Å²) in [6.45, 7) is 0. The van der Waals surface area contributed by atoms with Crippen molar-refractivity contribution < 1.29 is 0 Å². The summed E-state index contributed by atoms with van der Waals surface area (Å²) in [5, 5.41) is 7.57. The first kappa shape index (κ1) is 30.3. The highest BCUT2D eigenvalue weighted by atomic mass is 32.1. The van der Waals surface area contributed by atoms with Gasteiger partial charge in [0.15, 0.2) is 0 Å². The second-order valence-corrected chi connectivity index (χ2v) is 14.3. The zero-order valence-electron chi connectivity index (χ0n) is 28.3. The first-order valence-electron chi connectivity index (χ1n) is 17.6. The van der Waals surface area contributed by atoms with E-state index in [1.165, 1.54) is 75.1 Å². The standard InChI is InChI=1S/C49H32N2S/c1-2-8-33(9-3-1)34-14-21-39(22-15-34)51(40-23-16-35(17-24-40)37-20-27-45-47-32-50-29-28-48(47)52-49(45)31-37)41-25-18-36(19-26-41)46-30-38-10-4-5-11-42(38)43-12-6-7-13-44(43)46/h1-32H. The Morgan fingerprint density at radius 1 is 0.365 bits per heavy atom. The second-order valence-electron chi connectivity index (χ2n) is 13.2. The van der Waals surface area contributed by atoms with E-state index in [-0.39, 0.29) is 0 Å². The highest BCUT2D eigenvalue weighted by Crippen LogP contribution is 2.41. The van der Waals surface area contributed by atoms with Crippen LogP contribution in [-0.4, -0.2) is 4.98 Å². The number of hydrogen-bond acceptors (Lipinski definition) is 3. The first-order chi connectivity index (χ1) is 25.8. The van der Waals surface area contributed by atoms with Gasteiger partial charge >= 0.3 is 0 Å². The highest BCUT2D eigenvalue weighted by molar-refractivity contribution is 7.25. The van der Waals surface area contributed by atoms with E-state index in [1.807, 2.05) is 23.7 Å². The zero-order chi connectivity index (χ0) is 34.4. The SMILES string of the molecule is c1ccc(-c2ccc(N(c3ccc(-c4ccc5c(c4)sc4ccncc45)cc3)c3ccc(-c4cc5ccccc5c5ccccc45)cc3)cc2)cc1. The molecular formula is C49H32N2S. The van der Waals surface area contributed by atoms with Gasteiger partial charge < -0.3 is 4.90 Å². The molecule has 0 aliphatic rings. The molecule has 0 bridgehead atoms. The molecule has 2 heterocycles. The van der Waals surface area contributed by atoms with Gasteiger partial charge in [0.05, 0.1) is 0 Å². The Bertz CT molecular complexity index is 2870. The van der Waals surface area contributed by atoms with Crippen molar-refractivity contribution in [3.05, 3.63) is 194 Å². The van der Waals surface area contributed by atoms with E-state index in [0.29, 0.717) is 0 Å². The third-order valence-corrected chi connectivity index (χ3v) is 11.3. The van der Waals surface area contributed by atoms with Gasteiger partial charge in [0.25, 0.3) is 0 Å². The van der Waals surface area contributed by atoms with E-state index in [2.05, 4.69) is 192 Å². The summed E-state index contributed by atoms with van der Waals surface area (Å²) in [5.74, 6) is 0. The molecule has 0 saturated heterocycles. The quantitative estimate of drug-likeness (QED) is 0.163. The van der Waals surface area contributed by atoms with Crippen LogP contribution in [0, 0.1) is 0 Å². The third kappa shape index (κ3) is 5.31. The summed E-state index contributed by atoms with van der Waals surface area (Å²) >= 11 is 1.82. The third-order valence-electron chi connectivity index (χ3n) is 10.2. The van der Waals surface area contributed by atoms with Crippen LogP contribution in [-0.2, 0) is 0 Å². The van der Waals surface area contributed by atoms with Crippen LogP contribution < -0.4 is 4.90 Å². The van der Waals surface area contributed by atoms with Crippen molar-refractivity contribution in [1.29, 1.82) is 0 Å². The summed E-state index contributed by atoms with van der Waals surface area (Å²) in [5.41, 5.74) is 10.6. The lowest BCUT2D eigenvalue weighted by atomic mass is 9.93. The molecule has 0 radical (unpaired) electrons. The van der Waals surface area contributed by atoms with Crippen molar-refractivity contribution in [1.82, 2.24) is 4.98 Å². The number of pyridine rings is 1. The molecule has 10 rings (SSSR count). The minimum atomic E-state index is 1.11. The fourth-order valence-corrected chi connectivity index (χ4v) is 8.68. The minimum Gasteiger partial charge on any atom is -0.311 e. The van der Waals surface area contributed by atoms with Crippen LogP contribution in [0.15, 0.2) is 194 Å². The van der Waals surface area contributed by atoms with Crippen LogP contribution >= 0.6 is 11.3 Å². The van der Waals surface area contributed by atoms with Crippen molar-refractivity contribution in [2.24, 2.45) is 0 Å². The lowest BCUT2D eigenvalue weighted by Crippen LogP contribution is -2.09. The summed E-state index contributed by atoms with van der Waals surface area (Å²) in [6, 6.07) is 66.1. The van der Waals surface area contributed by atoms with Gasteiger partial charge in [-0.2, -0.15) is 0 Å². The van der Waals surface area contributed by atoms with Crippen LogP contribution in [0.3, 0.4) is 0 Å². The molecule has 0 N–H and O–H groups in total. The fourth-order valence-electron chi connectivity index (χ4n) is 7.57. The molecule has 0 aliphatic carbocycles. The van der Waals surface area contributed by atoms with Gasteiger partial charge in [0.1, 0.15) is 0 Å². The van der Waals surface area contributed by atoms with Gasteiger partial charge in [-0.1, -0.05) is 127 Å². The van der Waals surface area contributed by atoms with Crippen LogP contribution in [0.25, 0.3) is 75.1 Å². The van der Waals surface area contributed by atoms with Crippen molar-refractivity contribution in [2.45, 2.75) is 0 Å². The van der Waals surface area contributed by atoms with Gasteiger partial charge in [-0.25, -0.2) is 0 Å². The Morgan fingerprint density at radius 3 is 1.63 bits per heavy atom. The van der Waals surface area contributed by atoms with Crippen LogP contribution in [0.1, 0.15) is 0 Å². The average molecular weight is 681 g/mol. The van der Waals surface area contributed by atoms with Crippen molar-refractivity contribution in [3.8, 4) is 33.4 Å². The molecule has 244 valence electrons. The molecule has 0 atom stereocenters. The summed E-state index contributed by atoms with van der Waals surface area (Å²) in [7, 11) is 0. The second kappa shape index (κ2) is 12.6. The Hall–Kier alpha value is -6.55. The van der Waals surface area contributed by atoms with Crippen LogP contribution in [0.5, 0.6) is 0 Å². The lowest BCUT2D eigenvalue weighted by molar-refractivity contribution is 1.28. The van der Waals surface area contributed by atoms with Gasteiger partial charge in [-0.05, 0) is 110 Å². The van der Waals surface area contributed by atoms with Crippen molar-refractivity contribution in [3.63, 3.8) is 0 Å². The molecule has 0 spiro atoms. The zero-order valence-corrected chi connectivity index (χ0v) is 29.1. The number of anilines is 3. The van der Waals surface area contributed by atoms with Gasteiger partial charge in [-0.3, -0.25) is 4.98 Å². The number of aromatic nitrogens is 1. The Morgan fingerprint density at radius 2 is 0.923 bits per heavy atom. The number of rotatable bonds is 6. The number of hydrogen-bond donors (Lipinski definition) is 0. The molecule has 10 aromatic rings. The molecular weight excluding hydrogens is 649 g/mol. The van der Waals surface area contributed by atoms with E-state index >= 15 is 0 Å². The van der Waals surface area contributed by atoms with Crippen LogP contribution in [0.2, 0.25) is 0 Å². The molecule has 3 heteroatoms. The van der Waals surface area contributed by atoms with Crippen molar-refractivity contribution in [2.75, 3.05) is 4.90 Å². The molecule has 0 amide bonds. The van der Waals surface area contributed by atoms with E-state index in [4.69, 9.17) is 0 Å². The fraction of sp³-hybridized carbons (Fsp3) is 0. The van der Waals surface area contributed by atoms with Crippen molar-refractivity contribution >= 4 is 70.1 Å². The molecule has 0 saturated carbocycles. The maximum atomic E-state index is 4.36. The molecule has 52 heavy (non-hydrogen) atoms. The van der Waals surface area contributed by atoms with E-state index in [9.17, 15) is 0 Å². The molecule has 0 fully saturated rings. The van der Waals surface area contributed by atoms with E-state index < -0.39 is 0 Å². The van der Waals surface area contributed by atoms with E-state index in [0.717, 1.165) is 17.1 Å². The number of thiophene rings is 1.